The lowest BCUT2D eigenvalue weighted by Gasteiger charge is -2.47. The Hall–Kier alpha value is -3.94. The zero-order valence-corrected chi connectivity index (χ0v) is 20.3. The van der Waals surface area contributed by atoms with E-state index in [9.17, 15) is 31.9 Å². The molecule has 3 aliphatic rings. The van der Waals surface area contributed by atoms with Gasteiger partial charge >= 0.3 is 6.18 Å². The molecule has 5 rings (SSSR count). The minimum Gasteiger partial charge on any atom is -0.339 e. The molecule has 3 fully saturated rings. The Morgan fingerprint density at radius 3 is 2.39 bits per heavy atom. The van der Waals surface area contributed by atoms with Gasteiger partial charge in [0.1, 0.15) is 17.9 Å². The van der Waals surface area contributed by atoms with Crippen molar-refractivity contribution in [2.75, 3.05) is 24.5 Å². The average molecular weight is 529 g/mol. The van der Waals surface area contributed by atoms with Crippen LogP contribution in [0.2, 0.25) is 0 Å². The molecule has 2 aromatic rings. The Balaban J connectivity index is 1.49. The molecular formula is C27H24F4N4O3. The van der Waals surface area contributed by atoms with E-state index in [-0.39, 0.29) is 49.1 Å². The fourth-order valence-corrected chi connectivity index (χ4v) is 5.40. The van der Waals surface area contributed by atoms with Gasteiger partial charge in [-0.15, -0.1) is 0 Å². The number of halogens is 4. The summed E-state index contributed by atoms with van der Waals surface area (Å²) in [7, 11) is 0. The first-order valence-corrected chi connectivity index (χ1v) is 12.3. The molecule has 2 heterocycles. The van der Waals surface area contributed by atoms with E-state index in [2.05, 4.69) is 0 Å². The maximum absolute atomic E-state index is 14.9. The van der Waals surface area contributed by atoms with Crippen molar-refractivity contribution in [1.82, 2.24) is 9.80 Å². The molecule has 11 heteroatoms. The summed E-state index contributed by atoms with van der Waals surface area (Å²) in [6, 6.07) is 9.76. The van der Waals surface area contributed by atoms with Crippen LogP contribution in [0.5, 0.6) is 0 Å². The third kappa shape index (κ3) is 4.38. The smallest absolute Gasteiger partial charge is 0.339 e. The van der Waals surface area contributed by atoms with E-state index in [0.717, 1.165) is 42.4 Å². The number of benzene rings is 2. The average Bonchev–Trinajstić information content (AvgIpc) is 3.29. The second kappa shape index (κ2) is 9.42. The number of amides is 3. The standard InChI is InChI=1S/C27H24F4N4O3/c28-21-12-18(13-32)6-9-22(21)34-15-23(36)35(14-17-4-7-20(8-5-17)27(29,30)31)26(25(34)38)10-11-33(16-26)24(37)19-2-1-3-19/h4-9,12,19H,1-3,10-11,14-16H2/t26-/m0/s1. The lowest BCUT2D eigenvalue weighted by Crippen LogP contribution is -2.69. The van der Waals surface area contributed by atoms with Crippen molar-refractivity contribution in [2.45, 2.75) is 43.9 Å². The Bertz CT molecular complexity index is 1330. The maximum Gasteiger partial charge on any atom is 0.416 e. The summed E-state index contributed by atoms with van der Waals surface area (Å²) >= 11 is 0. The van der Waals surface area contributed by atoms with Gasteiger partial charge in [0.05, 0.1) is 29.4 Å². The van der Waals surface area contributed by atoms with Crippen LogP contribution < -0.4 is 4.90 Å². The molecular weight excluding hydrogens is 504 g/mol. The van der Waals surface area contributed by atoms with Crippen LogP contribution in [0.1, 0.15) is 42.4 Å². The number of nitrogens with zero attached hydrogens (tertiary/aromatic N) is 4. The van der Waals surface area contributed by atoms with Gasteiger partial charge in [-0.1, -0.05) is 18.6 Å². The summed E-state index contributed by atoms with van der Waals surface area (Å²) in [6.45, 7) is -0.484. The molecule has 0 aromatic heterocycles. The SMILES string of the molecule is N#Cc1ccc(N2CC(=O)N(Cc3ccc(C(F)(F)F)cc3)[C@]3(CCN(C(=O)C4CCC4)C3)C2=O)c(F)c1. The number of alkyl halides is 3. The van der Waals surface area contributed by atoms with Crippen LogP contribution in [-0.2, 0) is 27.1 Å². The Kier molecular flexibility index (Phi) is 6.37. The lowest BCUT2D eigenvalue weighted by molar-refractivity contribution is -0.152. The van der Waals surface area contributed by atoms with E-state index in [0.29, 0.717) is 5.56 Å². The number of hydrogen-bond donors (Lipinski definition) is 0. The van der Waals surface area contributed by atoms with Crippen LogP contribution in [0, 0.1) is 23.1 Å². The largest absolute Gasteiger partial charge is 0.416 e. The molecule has 0 N–H and O–H groups in total. The summed E-state index contributed by atoms with van der Waals surface area (Å²) in [6.07, 6.45) is -1.94. The van der Waals surface area contributed by atoms with E-state index in [1.165, 1.54) is 29.2 Å². The summed E-state index contributed by atoms with van der Waals surface area (Å²) < 4.78 is 54.0. The van der Waals surface area contributed by atoms with E-state index < -0.39 is 41.5 Å². The van der Waals surface area contributed by atoms with Crippen molar-refractivity contribution in [3.05, 3.63) is 65.0 Å². The number of nitriles is 1. The molecule has 1 aliphatic carbocycles. The molecule has 1 spiro atoms. The van der Waals surface area contributed by atoms with Crippen LogP contribution in [0.4, 0.5) is 23.2 Å². The fraction of sp³-hybridized carbons (Fsp3) is 0.407. The predicted molar refractivity (Wildman–Crippen MR) is 127 cm³/mol. The highest BCUT2D eigenvalue weighted by Crippen LogP contribution is 2.39. The van der Waals surface area contributed by atoms with E-state index in [1.807, 2.05) is 6.07 Å². The maximum atomic E-state index is 14.9. The van der Waals surface area contributed by atoms with Crippen LogP contribution in [0.25, 0.3) is 0 Å². The summed E-state index contributed by atoms with van der Waals surface area (Å²) in [5.74, 6) is -2.15. The Morgan fingerprint density at radius 1 is 1.11 bits per heavy atom. The Morgan fingerprint density at radius 2 is 1.82 bits per heavy atom. The number of anilines is 1. The molecule has 7 nitrogen and oxygen atoms in total. The molecule has 1 saturated carbocycles. The van der Waals surface area contributed by atoms with Gasteiger partial charge in [-0.3, -0.25) is 19.3 Å². The molecule has 198 valence electrons. The minimum absolute atomic E-state index is 0.0545. The van der Waals surface area contributed by atoms with Crippen molar-refractivity contribution in [3.63, 3.8) is 0 Å². The van der Waals surface area contributed by atoms with Gasteiger partial charge in [0.15, 0.2) is 0 Å². The molecule has 2 aliphatic heterocycles. The van der Waals surface area contributed by atoms with Gasteiger partial charge in [-0.05, 0) is 55.2 Å². The highest BCUT2D eigenvalue weighted by atomic mass is 19.4. The first-order valence-electron chi connectivity index (χ1n) is 12.3. The van der Waals surface area contributed by atoms with Gasteiger partial charge in [-0.2, -0.15) is 18.4 Å². The van der Waals surface area contributed by atoms with Gasteiger partial charge in [-0.25, -0.2) is 4.39 Å². The molecule has 2 aromatic carbocycles. The molecule has 0 bridgehead atoms. The van der Waals surface area contributed by atoms with E-state index >= 15 is 0 Å². The van der Waals surface area contributed by atoms with Gasteiger partial charge in [0, 0.05) is 19.0 Å². The summed E-state index contributed by atoms with van der Waals surface area (Å²) in [4.78, 5) is 44.5. The molecule has 38 heavy (non-hydrogen) atoms. The lowest BCUT2D eigenvalue weighted by atomic mass is 9.84. The number of piperazine rings is 1. The zero-order chi connectivity index (χ0) is 27.2. The summed E-state index contributed by atoms with van der Waals surface area (Å²) in [5, 5.41) is 9.05. The summed E-state index contributed by atoms with van der Waals surface area (Å²) in [5.41, 5.74) is -2.05. The highest BCUT2D eigenvalue weighted by molar-refractivity contribution is 6.10. The molecule has 2 saturated heterocycles. The number of carbonyl (C=O) groups excluding carboxylic acids is 3. The first kappa shape index (κ1) is 25.7. The second-order valence-electron chi connectivity index (χ2n) is 10.0. The molecule has 3 amide bonds. The van der Waals surface area contributed by atoms with Gasteiger partial charge in [0.2, 0.25) is 11.8 Å². The monoisotopic (exact) mass is 528 g/mol. The van der Waals surface area contributed by atoms with Crippen molar-refractivity contribution in [3.8, 4) is 6.07 Å². The molecule has 0 unspecified atom stereocenters. The van der Waals surface area contributed by atoms with Gasteiger partial charge in [0.25, 0.3) is 5.91 Å². The zero-order valence-electron chi connectivity index (χ0n) is 20.3. The van der Waals surface area contributed by atoms with Crippen LogP contribution in [-0.4, -0.2) is 52.7 Å². The number of rotatable bonds is 4. The molecule has 0 radical (unpaired) electrons. The fourth-order valence-electron chi connectivity index (χ4n) is 5.40. The number of likely N-dealkylation sites (tertiary alicyclic amines) is 1. The third-order valence-electron chi connectivity index (χ3n) is 7.76. The van der Waals surface area contributed by atoms with Crippen LogP contribution in [0.15, 0.2) is 42.5 Å². The van der Waals surface area contributed by atoms with Crippen LogP contribution in [0.3, 0.4) is 0 Å². The predicted octanol–water partition coefficient (Wildman–Crippen LogP) is 3.86. The quantitative estimate of drug-likeness (QED) is 0.565. The first-order chi connectivity index (χ1) is 18.0. The van der Waals surface area contributed by atoms with Crippen molar-refractivity contribution in [2.24, 2.45) is 5.92 Å². The molecule has 1 atom stereocenters. The number of carbonyl (C=O) groups is 3. The topological polar surface area (TPSA) is 84.7 Å². The van der Waals surface area contributed by atoms with Crippen molar-refractivity contribution < 1.29 is 31.9 Å². The van der Waals surface area contributed by atoms with E-state index in [1.54, 1.807) is 4.90 Å². The second-order valence-corrected chi connectivity index (χ2v) is 10.0. The minimum atomic E-state index is -4.52. The number of hydrogen-bond acceptors (Lipinski definition) is 4. The van der Waals surface area contributed by atoms with E-state index in [4.69, 9.17) is 5.26 Å². The van der Waals surface area contributed by atoms with Gasteiger partial charge < -0.3 is 9.80 Å². The Labute approximate surface area is 216 Å². The van der Waals surface area contributed by atoms with Crippen molar-refractivity contribution >= 4 is 23.4 Å². The highest BCUT2D eigenvalue weighted by Gasteiger charge is 2.57. The van der Waals surface area contributed by atoms with Crippen molar-refractivity contribution in [1.29, 1.82) is 5.26 Å². The third-order valence-corrected chi connectivity index (χ3v) is 7.76. The van der Waals surface area contributed by atoms with Crippen LogP contribution >= 0.6 is 0 Å². The normalized spacial score (nSPS) is 22.1.